The SMILES string of the molecule is Cc1cnccc1CNCCC(C)(C)C(=O)O. The van der Waals surface area contributed by atoms with E-state index in [1.54, 1.807) is 20.0 Å². The van der Waals surface area contributed by atoms with Crippen LogP contribution in [0.25, 0.3) is 0 Å². The van der Waals surface area contributed by atoms with Gasteiger partial charge in [-0.1, -0.05) is 0 Å². The van der Waals surface area contributed by atoms with Crippen molar-refractivity contribution in [2.45, 2.75) is 33.7 Å². The van der Waals surface area contributed by atoms with E-state index < -0.39 is 11.4 Å². The first-order valence-corrected chi connectivity index (χ1v) is 5.77. The highest BCUT2D eigenvalue weighted by Gasteiger charge is 2.25. The fourth-order valence-electron chi connectivity index (χ4n) is 1.43. The Morgan fingerprint density at radius 2 is 2.24 bits per heavy atom. The van der Waals surface area contributed by atoms with Gasteiger partial charge in [0.15, 0.2) is 0 Å². The molecule has 0 bridgehead atoms. The molecule has 4 nitrogen and oxygen atoms in total. The van der Waals surface area contributed by atoms with E-state index in [0.29, 0.717) is 13.0 Å². The first kappa shape index (κ1) is 13.6. The summed E-state index contributed by atoms with van der Waals surface area (Å²) in [6.45, 7) is 6.96. The number of nitrogens with zero attached hydrogens (tertiary/aromatic N) is 1. The maximum Gasteiger partial charge on any atom is 0.309 e. The maximum absolute atomic E-state index is 10.9. The van der Waals surface area contributed by atoms with E-state index in [1.165, 1.54) is 5.56 Å². The molecule has 0 spiro atoms. The molecular weight excluding hydrogens is 216 g/mol. The minimum atomic E-state index is -0.751. The number of carboxylic acids is 1. The van der Waals surface area contributed by atoms with Crippen LogP contribution in [0.3, 0.4) is 0 Å². The molecule has 1 aromatic rings. The van der Waals surface area contributed by atoms with Crippen molar-refractivity contribution in [3.05, 3.63) is 29.6 Å². The van der Waals surface area contributed by atoms with Crippen molar-refractivity contribution in [3.8, 4) is 0 Å². The lowest BCUT2D eigenvalue weighted by Gasteiger charge is -2.19. The van der Waals surface area contributed by atoms with Crippen LogP contribution in [-0.4, -0.2) is 22.6 Å². The molecule has 4 heteroatoms. The molecule has 17 heavy (non-hydrogen) atoms. The Hall–Kier alpha value is -1.42. The molecule has 0 aromatic carbocycles. The lowest BCUT2D eigenvalue weighted by atomic mass is 9.90. The van der Waals surface area contributed by atoms with E-state index in [2.05, 4.69) is 10.3 Å². The topological polar surface area (TPSA) is 62.2 Å². The zero-order valence-corrected chi connectivity index (χ0v) is 10.7. The Kier molecular flexibility index (Phi) is 4.63. The summed E-state index contributed by atoms with van der Waals surface area (Å²) < 4.78 is 0. The number of hydrogen-bond acceptors (Lipinski definition) is 3. The fraction of sp³-hybridized carbons (Fsp3) is 0.538. The largest absolute Gasteiger partial charge is 0.481 e. The number of rotatable bonds is 6. The van der Waals surface area contributed by atoms with Gasteiger partial charge in [0.1, 0.15) is 0 Å². The predicted octanol–water partition coefficient (Wildman–Crippen LogP) is 1.98. The van der Waals surface area contributed by atoms with Crippen molar-refractivity contribution >= 4 is 5.97 Å². The van der Waals surface area contributed by atoms with E-state index in [0.717, 1.165) is 12.1 Å². The molecule has 1 heterocycles. The van der Waals surface area contributed by atoms with Gasteiger partial charge in [-0.3, -0.25) is 9.78 Å². The van der Waals surface area contributed by atoms with E-state index in [4.69, 9.17) is 5.11 Å². The van der Waals surface area contributed by atoms with Crippen LogP contribution in [-0.2, 0) is 11.3 Å². The molecule has 1 rings (SSSR count). The third kappa shape index (κ3) is 4.15. The van der Waals surface area contributed by atoms with Crippen LogP contribution < -0.4 is 5.32 Å². The Balaban J connectivity index is 2.35. The van der Waals surface area contributed by atoms with Crippen molar-refractivity contribution in [2.24, 2.45) is 5.41 Å². The molecule has 0 unspecified atom stereocenters. The lowest BCUT2D eigenvalue weighted by molar-refractivity contribution is -0.147. The standard InChI is InChI=1S/C13H20N2O2/c1-10-8-14-6-4-11(10)9-15-7-5-13(2,3)12(16)17/h4,6,8,15H,5,7,9H2,1-3H3,(H,16,17). The van der Waals surface area contributed by atoms with Crippen LogP contribution >= 0.6 is 0 Å². The molecule has 0 amide bonds. The average molecular weight is 236 g/mol. The van der Waals surface area contributed by atoms with Crippen LogP contribution in [0, 0.1) is 12.3 Å². The average Bonchev–Trinajstić information content (AvgIpc) is 2.26. The quantitative estimate of drug-likeness (QED) is 0.741. The van der Waals surface area contributed by atoms with Crippen molar-refractivity contribution in [1.29, 1.82) is 0 Å². The smallest absolute Gasteiger partial charge is 0.309 e. The van der Waals surface area contributed by atoms with Crippen LogP contribution in [0.15, 0.2) is 18.5 Å². The number of aryl methyl sites for hydroxylation is 1. The normalized spacial score (nSPS) is 11.5. The second kappa shape index (κ2) is 5.77. The van der Waals surface area contributed by atoms with Crippen molar-refractivity contribution in [1.82, 2.24) is 10.3 Å². The minimum Gasteiger partial charge on any atom is -0.481 e. The molecule has 94 valence electrons. The summed E-state index contributed by atoms with van der Waals surface area (Å²) in [4.78, 5) is 14.9. The summed E-state index contributed by atoms with van der Waals surface area (Å²) in [7, 11) is 0. The summed E-state index contributed by atoms with van der Waals surface area (Å²) in [5.41, 5.74) is 1.69. The van der Waals surface area contributed by atoms with Gasteiger partial charge in [0.2, 0.25) is 0 Å². The van der Waals surface area contributed by atoms with Gasteiger partial charge in [-0.15, -0.1) is 0 Å². The molecule has 2 N–H and O–H groups in total. The van der Waals surface area contributed by atoms with Crippen LogP contribution in [0.5, 0.6) is 0 Å². The van der Waals surface area contributed by atoms with E-state index >= 15 is 0 Å². The molecule has 1 aromatic heterocycles. The van der Waals surface area contributed by atoms with Gasteiger partial charge in [-0.25, -0.2) is 0 Å². The van der Waals surface area contributed by atoms with Crippen molar-refractivity contribution < 1.29 is 9.90 Å². The van der Waals surface area contributed by atoms with E-state index in [-0.39, 0.29) is 0 Å². The maximum atomic E-state index is 10.9. The van der Waals surface area contributed by atoms with Gasteiger partial charge >= 0.3 is 5.97 Å². The molecule has 0 radical (unpaired) electrons. The Morgan fingerprint density at radius 3 is 2.82 bits per heavy atom. The number of carbonyl (C=O) groups is 1. The molecule has 0 atom stereocenters. The van der Waals surface area contributed by atoms with Crippen molar-refractivity contribution in [3.63, 3.8) is 0 Å². The number of hydrogen-bond donors (Lipinski definition) is 2. The van der Waals surface area contributed by atoms with Crippen LogP contribution in [0.2, 0.25) is 0 Å². The van der Waals surface area contributed by atoms with Crippen LogP contribution in [0.1, 0.15) is 31.4 Å². The number of nitrogens with one attached hydrogen (secondary N) is 1. The fourth-order valence-corrected chi connectivity index (χ4v) is 1.43. The third-order valence-corrected chi connectivity index (χ3v) is 2.96. The van der Waals surface area contributed by atoms with Gasteiger partial charge in [0.25, 0.3) is 0 Å². The van der Waals surface area contributed by atoms with Gasteiger partial charge < -0.3 is 10.4 Å². The van der Waals surface area contributed by atoms with E-state index in [9.17, 15) is 4.79 Å². The van der Waals surface area contributed by atoms with Crippen molar-refractivity contribution in [2.75, 3.05) is 6.54 Å². The predicted molar refractivity (Wildman–Crippen MR) is 66.7 cm³/mol. The van der Waals surface area contributed by atoms with Crippen LogP contribution in [0.4, 0.5) is 0 Å². The first-order valence-electron chi connectivity index (χ1n) is 5.77. The highest BCUT2D eigenvalue weighted by Crippen LogP contribution is 2.19. The van der Waals surface area contributed by atoms with Gasteiger partial charge in [0, 0.05) is 18.9 Å². The summed E-state index contributed by atoms with van der Waals surface area (Å²) in [6, 6.07) is 1.98. The van der Waals surface area contributed by atoms with E-state index in [1.807, 2.05) is 19.2 Å². The molecule has 0 saturated carbocycles. The molecule has 0 aliphatic heterocycles. The molecule has 0 aliphatic carbocycles. The zero-order valence-electron chi connectivity index (χ0n) is 10.7. The molecule has 0 saturated heterocycles. The highest BCUT2D eigenvalue weighted by atomic mass is 16.4. The summed E-state index contributed by atoms with van der Waals surface area (Å²) in [6.07, 6.45) is 4.22. The summed E-state index contributed by atoms with van der Waals surface area (Å²) in [5, 5.41) is 12.2. The zero-order chi connectivity index (χ0) is 12.9. The highest BCUT2D eigenvalue weighted by molar-refractivity contribution is 5.73. The number of pyridine rings is 1. The third-order valence-electron chi connectivity index (χ3n) is 2.96. The summed E-state index contributed by atoms with van der Waals surface area (Å²) in [5.74, 6) is -0.751. The molecule has 0 fully saturated rings. The molecular formula is C13H20N2O2. The monoisotopic (exact) mass is 236 g/mol. The minimum absolute atomic E-state index is 0.618. The Morgan fingerprint density at radius 1 is 1.53 bits per heavy atom. The number of carboxylic acid groups (broad SMARTS) is 1. The van der Waals surface area contributed by atoms with Gasteiger partial charge in [0.05, 0.1) is 5.41 Å². The second-order valence-corrected chi connectivity index (χ2v) is 4.92. The van der Waals surface area contributed by atoms with Gasteiger partial charge in [-0.05, 0) is 50.9 Å². The Labute approximate surface area is 102 Å². The lowest BCUT2D eigenvalue weighted by Crippen LogP contribution is -2.28. The second-order valence-electron chi connectivity index (χ2n) is 4.92. The summed E-state index contributed by atoms with van der Waals surface area (Å²) >= 11 is 0. The number of aromatic nitrogens is 1. The van der Waals surface area contributed by atoms with Gasteiger partial charge in [-0.2, -0.15) is 0 Å². The Bertz CT molecular complexity index is 389. The number of aliphatic carboxylic acids is 1. The first-order chi connectivity index (χ1) is 7.93. The molecule has 0 aliphatic rings.